The molecule has 13 nitrogen and oxygen atoms in total. The molecule has 1 atom stereocenters. The number of nitrogens with one attached hydrogen (secondary N) is 3. The summed E-state index contributed by atoms with van der Waals surface area (Å²) in [5.41, 5.74) is 7.11. The first-order valence-electron chi connectivity index (χ1n) is 9.78. The number of anilines is 2. The fourth-order valence-corrected chi connectivity index (χ4v) is 2.97. The number of hydrogen-bond donors (Lipinski definition) is 6. The van der Waals surface area contributed by atoms with E-state index in [-0.39, 0.29) is 36.4 Å². The highest BCUT2D eigenvalue weighted by atomic mass is 16.4. The first-order valence-corrected chi connectivity index (χ1v) is 9.78. The lowest BCUT2D eigenvalue weighted by molar-refractivity contribution is -0.634. The maximum absolute atomic E-state index is 12.3. The maximum atomic E-state index is 12.3. The molecule has 1 unspecified atom stereocenters. The number of aromatic nitrogens is 4. The number of carboxylic acids is 2. The number of aromatic amines is 1. The standard InChI is InChI=1S/C20H21N7O6/c1-27-16-15(18(31)26-20(27)21)24-12(9-23-16)8-22-11-4-2-10(3-5-11)17(30)25-13(19(32)33)6-7-14(28)29/h2-5,9,13H,6-8H2,1H3,(H6,21,22,25,26,28,29,30,31,32,33)/p+1. The molecular formula is C20H22N7O6+. The lowest BCUT2D eigenvalue weighted by Gasteiger charge is -2.14. The molecule has 0 fully saturated rings. The highest BCUT2D eigenvalue weighted by Gasteiger charge is 2.21. The number of fused-ring (bicyclic) bond motifs is 1. The Balaban J connectivity index is 1.65. The van der Waals surface area contributed by atoms with Crippen molar-refractivity contribution >= 4 is 40.6 Å². The van der Waals surface area contributed by atoms with Crippen molar-refractivity contribution in [1.82, 2.24) is 20.3 Å². The van der Waals surface area contributed by atoms with Crippen LogP contribution in [0.1, 0.15) is 28.9 Å². The van der Waals surface area contributed by atoms with Gasteiger partial charge in [-0.2, -0.15) is 0 Å². The van der Waals surface area contributed by atoms with Crippen LogP contribution >= 0.6 is 0 Å². The van der Waals surface area contributed by atoms with Gasteiger partial charge in [-0.25, -0.2) is 19.3 Å². The number of carbonyl (C=O) groups excluding carboxylic acids is 1. The molecule has 0 saturated carbocycles. The van der Waals surface area contributed by atoms with Crippen LogP contribution in [0, 0.1) is 0 Å². The summed E-state index contributed by atoms with van der Waals surface area (Å²) in [7, 11) is 1.66. The van der Waals surface area contributed by atoms with E-state index in [1.807, 2.05) is 0 Å². The second kappa shape index (κ2) is 9.72. The Morgan fingerprint density at radius 2 is 1.91 bits per heavy atom. The van der Waals surface area contributed by atoms with Gasteiger partial charge in [0.1, 0.15) is 12.2 Å². The van der Waals surface area contributed by atoms with Crippen LogP contribution in [0.25, 0.3) is 11.2 Å². The van der Waals surface area contributed by atoms with E-state index in [4.69, 9.17) is 15.9 Å². The van der Waals surface area contributed by atoms with Crippen LogP contribution < -0.4 is 26.5 Å². The Hall–Kier alpha value is -4.55. The van der Waals surface area contributed by atoms with Gasteiger partial charge in [-0.1, -0.05) is 0 Å². The van der Waals surface area contributed by atoms with E-state index in [0.717, 1.165) is 0 Å². The molecule has 0 saturated heterocycles. The van der Waals surface area contributed by atoms with Gasteiger partial charge in [-0.05, 0) is 30.7 Å². The lowest BCUT2D eigenvalue weighted by atomic mass is 10.1. The number of aliphatic carboxylic acids is 2. The first-order chi connectivity index (χ1) is 15.7. The van der Waals surface area contributed by atoms with E-state index < -0.39 is 29.4 Å². The Kier molecular flexibility index (Phi) is 6.81. The number of carbonyl (C=O) groups is 3. The fraction of sp³-hybridized carbons (Fsp3) is 0.250. The Morgan fingerprint density at radius 1 is 1.21 bits per heavy atom. The van der Waals surface area contributed by atoms with Crippen LogP contribution in [0.2, 0.25) is 0 Å². The van der Waals surface area contributed by atoms with Gasteiger partial charge in [0.2, 0.25) is 5.52 Å². The van der Waals surface area contributed by atoms with Gasteiger partial charge in [0.15, 0.2) is 0 Å². The number of nitrogen functional groups attached to an aromatic ring is 1. The predicted molar refractivity (Wildman–Crippen MR) is 115 cm³/mol. The van der Waals surface area contributed by atoms with Crippen molar-refractivity contribution in [3.63, 3.8) is 0 Å². The van der Waals surface area contributed by atoms with E-state index in [2.05, 4.69) is 25.6 Å². The molecule has 0 bridgehead atoms. The molecule has 2 aromatic heterocycles. The summed E-state index contributed by atoms with van der Waals surface area (Å²) in [6.45, 7) is 0.248. The maximum Gasteiger partial charge on any atom is 0.326 e. The topological polar surface area (TPSA) is 204 Å². The molecule has 1 amide bonds. The average Bonchev–Trinajstić information content (AvgIpc) is 2.78. The number of H-pyrrole nitrogens is 1. The molecule has 0 radical (unpaired) electrons. The van der Waals surface area contributed by atoms with Crippen molar-refractivity contribution in [1.29, 1.82) is 0 Å². The first kappa shape index (κ1) is 23.1. The molecular weight excluding hydrogens is 434 g/mol. The van der Waals surface area contributed by atoms with Gasteiger partial charge in [-0.15, -0.1) is 4.98 Å². The zero-order valence-corrected chi connectivity index (χ0v) is 17.5. The SMILES string of the molecule is C[n+]1c(N)[nH]c(=O)c2nc(CNc3ccc(C(=O)NC(CCC(=O)O)C(=O)O)cc3)cnc21. The number of benzene rings is 1. The van der Waals surface area contributed by atoms with Gasteiger partial charge in [0, 0.05) is 17.7 Å². The number of nitrogens with zero attached hydrogens (tertiary/aromatic N) is 3. The molecule has 2 heterocycles. The third-order valence-electron chi connectivity index (χ3n) is 4.81. The second-order valence-corrected chi connectivity index (χ2v) is 7.16. The normalized spacial score (nSPS) is 11.7. The average molecular weight is 456 g/mol. The van der Waals surface area contributed by atoms with Gasteiger partial charge in [-0.3, -0.25) is 14.4 Å². The number of aryl methyl sites for hydroxylation is 1. The molecule has 172 valence electrons. The summed E-state index contributed by atoms with van der Waals surface area (Å²) in [5, 5.41) is 23.3. The number of carboxylic acid groups (broad SMARTS) is 2. The van der Waals surface area contributed by atoms with E-state index in [0.29, 0.717) is 17.0 Å². The van der Waals surface area contributed by atoms with Crippen molar-refractivity contribution in [3.05, 3.63) is 52.1 Å². The summed E-state index contributed by atoms with van der Waals surface area (Å²) in [6, 6.07) is 4.91. The van der Waals surface area contributed by atoms with E-state index >= 15 is 0 Å². The van der Waals surface area contributed by atoms with Crippen LogP contribution in [-0.4, -0.2) is 49.1 Å². The van der Waals surface area contributed by atoms with Crippen molar-refractivity contribution < 1.29 is 29.2 Å². The number of hydrogen-bond acceptors (Lipinski definition) is 8. The fourth-order valence-electron chi connectivity index (χ4n) is 2.97. The van der Waals surface area contributed by atoms with Gasteiger partial charge < -0.3 is 26.6 Å². The van der Waals surface area contributed by atoms with Crippen LogP contribution in [0.3, 0.4) is 0 Å². The Bertz CT molecular complexity index is 1270. The molecule has 1 aromatic carbocycles. The minimum Gasteiger partial charge on any atom is -0.481 e. The van der Waals surface area contributed by atoms with Crippen LogP contribution in [0.5, 0.6) is 0 Å². The molecule has 0 spiro atoms. The Labute approximate surface area is 186 Å². The molecule has 13 heteroatoms. The number of rotatable bonds is 9. The second-order valence-electron chi connectivity index (χ2n) is 7.16. The summed E-state index contributed by atoms with van der Waals surface area (Å²) in [4.78, 5) is 57.3. The van der Waals surface area contributed by atoms with Crippen molar-refractivity contribution in [2.45, 2.75) is 25.4 Å². The predicted octanol–water partition coefficient (Wildman–Crippen LogP) is -0.615. The van der Waals surface area contributed by atoms with Crippen molar-refractivity contribution in [3.8, 4) is 0 Å². The van der Waals surface area contributed by atoms with Crippen LogP contribution in [0.4, 0.5) is 11.6 Å². The van der Waals surface area contributed by atoms with E-state index in [1.54, 1.807) is 19.2 Å². The quantitative estimate of drug-likeness (QED) is 0.225. The zero-order chi connectivity index (χ0) is 24.1. The molecule has 0 aliphatic heterocycles. The smallest absolute Gasteiger partial charge is 0.326 e. The molecule has 0 aliphatic carbocycles. The van der Waals surface area contributed by atoms with E-state index in [1.165, 1.54) is 22.9 Å². The minimum absolute atomic E-state index is 0.147. The highest BCUT2D eigenvalue weighted by molar-refractivity contribution is 5.96. The van der Waals surface area contributed by atoms with Crippen molar-refractivity contribution in [2.75, 3.05) is 11.1 Å². The van der Waals surface area contributed by atoms with Crippen LogP contribution in [-0.2, 0) is 23.2 Å². The number of nitrogens with two attached hydrogens (primary N) is 1. The van der Waals surface area contributed by atoms with Crippen LogP contribution in [0.15, 0.2) is 35.3 Å². The van der Waals surface area contributed by atoms with Gasteiger partial charge >= 0.3 is 23.4 Å². The monoisotopic (exact) mass is 456 g/mol. The lowest BCUT2D eigenvalue weighted by Crippen LogP contribution is -2.41. The molecule has 7 N–H and O–H groups in total. The Morgan fingerprint density at radius 3 is 2.55 bits per heavy atom. The molecule has 33 heavy (non-hydrogen) atoms. The molecule has 3 aromatic rings. The molecule has 0 aliphatic rings. The summed E-state index contributed by atoms with van der Waals surface area (Å²) in [6.07, 6.45) is 0.908. The highest BCUT2D eigenvalue weighted by Crippen LogP contribution is 2.12. The largest absolute Gasteiger partial charge is 0.481 e. The van der Waals surface area contributed by atoms with Gasteiger partial charge in [0.25, 0.3) is 11.6 Å². The third kappa shape index (κ3) is 5.58. The summed E-state index contributed by atoms with van der Waals surface area (Å²) < 4.78 is 1.52. The molecule has 3 rings (SSSR count). The summed E-state index contributed by atoms with van der Waals surface area (Å²) in [5.74, 6) is -2.93. The zero-order valence-electron chi connectivity index (χ0n) is 17.5. The summed E-state index contributed by atoms with van der Waals surface area (Å²) >= 11 is 0. The minimum atomic E-state index is -1.31. The van der Waals surface area contributed by atoms with Crippen molar-refractivity contribution in [2.24, 2.45) is 7.05 Å². The third-order valence-corrected chi connectivity index (χ3v) is 4.81. The van der Waals surface area contributed by atoms with E-state index in [9.17, 15) is 19.2 Å². The van der Waals surface area contributed by atoms with Gasteiger partial charge in [0.05, 0.1) is 19.3 Å². The number of amides is 1.